The fourth-order valence-corrected chi connectivity index (χ4v) is 10.8. The van der Waals surface area contributed by atoms with Crippen molar-refractivity contribution < 1.29 is 35.9 Å². The summed E-state index contributed by atoms with van der Waals surface area (Å²) in [5.74, 6) is 0. The molecule has 2 aromatic heterocycles. The maximum Gasteiger partial charge on any atom is 0.414 e. The van der Waals surface area contributed by atoms with Gasteiger partial charge in [0.2, 0.25) is 10.0 Å². The molecule has 2 fully saturated rings. The molecule has 10 rings (SSSR count). The second-order valence-corrected chi connectivity index (χ2v) is 20.2. The molecule has 2 amide bonds. The highest BCUT2D eigenvalue weighted by Gasteiger charge is 2.38. The number of anilines is 2. The molecule has 14 nitrogen and oxygen atoms in total. The van der Waals surface area contributed by atoms with Gasteiger partial charge in [0.25, 0.3) is 9.05 Å². The highest BCUT2D eigenvalue weighted by molar-refractivity contribution is 8.14. The van der Waals surface area contributed by atoms with E-state index in [1.165, 1.54) is 16.6 Å². The average Bonchev–Trinajstić information content (AvgIpc) is 3.32. The van der Waals surface area contributed by atoms with Crippen LogP contribution < -0.4 is 15.1 Å². The van der Waals surface area contributed by atoms with Crippen molar-refractivity contribution in [3.8, 4) is 0 Å². The number of rotatable bonds is 5. The normalized spacial score (nSPS) is 16.5. The van der Waals surface area contributed by atoms with Crippen LogP contribution in [0.15, 0.2) is 131 Å². The van der Waals surface area contributed by atoms with Crippen LogP contribution in [0, 0.1) is 0 Å². The monoisotopic (exact) mass is 1020 g/mol. The molecule has 0 saturated carbocycles. The lowest BCUT2D eigenvalue weighted by Crippen LogP contribution is -2.50. The van der Waals surface area contributed by atoms with E-state index in [4.69, 9.17) is 43.4 Å². The minimum Gasteiger partial charge on any atom is -0.444 e. The first kappa shape index (κ1) is 52.2. The summed E-state index contributed by atoms with van der Waals surface area (Å²) in [6, 6.07) is 33.1. The van der Waals surface area contributed by atoms with Gasteiger partial charge in [0, 0.05) is 70.1 Å². The van der Waals surface area contributed by atoms with E-state index in [1.54, 1.807) is 53.6 Å². The molecule has 66 heavy (non-hydrogen) atoms. The number of pyridine rings is 2. The Balaban J connectivity index is 0.000000193. The van der Waals surface area contributed by atoms with Crippen molar-refractivity contribution in [1.29, 1.82) is 0 Å². The largest absolute Gasteiger partial charge is 0.444 e. The summed E-state index contributed by atoms with van der Waals surface area (Å²) in [5.41, 5.74) is 4.84. The molecule has 6 heterocycles. The number of benzene rings is 4. The van der Waals surface area contributed by atoms with E-state index >= 15 is 0 Å². The van der Waals surface area contributed by atoms with Crippen LogP contribution in [-0.2, 0) is 41.8 Å². The summed E-state index contributed by atoms with van der Waals surface area (Å²) < 4.78 is 61.1. The summed E-state index contributed by atoms with van der Waals surface area (Å²) in [6.45, 7) is 3.28. The predicted molar refractivity (Wildman–Crippen MR) is 263 cm³/mol. The number of amides is 2. The summed E-state index contributed by atoms with van der Waals surface area (Å²) >= 11 is 9.53. The van der Waals surface area contributed by atoms with Crippen LogP contribution in [0.1, 0.15) is 44.2 Å². The van der Waals surface area contributed by atoms with Gasteiger partial charge in [-0.25, -0.2) is 26.4 Å². The van der Waals surface area contributed by atoms with Crippen LogP contribution in [0.4, 0.5) is 21.0 Å². The number of halogens is 4. The van der Waals surface area contributed by atoms with Crippen molar-refractivity contribution in [2.24, 2.45) is 0 Å². The van der Waals surface area contributed by atoms with Crippen LogP contribution in [0.2, 0.25) is 0 Å². The molecule has 1 N–H and O–H groups in total. The van der Waals surface area contributed by atoms with Crippen molar-refractivity contribution in [3.63, 3.8) is 0 Å². The number of aromatic nitrogens is 2. The Morgan fingerprint density at radius 3 is 1.52 bits per heavy atom. The Morgan fingerprint density at radius 1 is 0.606 bits per heavy atom. The Hall–Kier alpha value is -4.78. The number of piperidine rings is 2. The SMILES string of the molecule is C.Cl.ClCCl.O=C1OCc2ccccc2N1C1CCN(S(=O)(=O)c2cccc3cccnc23)CC1.O=C1OCc2ccccc2N1C1CCNCC1.O=S(=O)(Cl)c1cccc2cccnc12. The number of carbonyl (C=O) groups is 2. The highest BCUT2D eigenvalue weighted by atomic mass is 35.7. The van der Waals surface area contributed by atoms with E-state index in [1.807, 2.05) is 65.6 Å². The number of nitrogens with one attached hydrogen (secondary N) is 1. The molecule has 0 atom stereocenters. The maximum absolute atomic E-state index is 13.3. The molecule has 4 aromatic carbocycles. The Morgan fingerprint density at radius 2 is 1.03 bits per heavy atom. The van der Waals surface area contributed by atoms with Crippen molar-refractivity contribution in [3.05, 3.63) is 133 Å². The number of cyclic esters (lactones) is 2. The molecule has 0 radical (unpaired) electrons. The van der Waals surface area contributed by atoms with Crippen molar-refractivity contribution in [2.75, 3.05) is 41.3 Å². The standard InChI is InChI=1S/C22H21N3O4S.C13H16N2O2.C9H6ClNO2S.CH2Cl2.CH4.ClH/c26-22-25(19-8-2-1-5-17(19)15-29-22)18-10-13-24(14-11-18)30(27,28)20-9-3-6-16-7-4-12-23-21(16)20;16-13-15(11-5-7-14-8-6-11)12-4-2-1-3-10(12)9-17-13;10-14(12,13)8-5-1-3-7-4-2-6-11-9(7)8;2-1-3;;/h1-9,12,18H,10-11,13-15H2;1-4,11,14H,5-9H2;1-6H;1H2;1H4;1H. The summed E-state index contributed by atoms with van der Waals surface area (Å²) in [5, 5.41) is 5.06. The van der Waals surface area contributed by atoms with E-state index < -0.39 is 19.1 Å². The smallest absolute Gasteiger partial charge is 0.414 e. The first-order valence-corrected chi connectivity index (χ1v) is 25.3. The molecule has 352 valence electrons. The first-order chi connectivity index (χ1) is 30.9. The number of para-hydroxylation sites is 4. The molecule has 20 heteroatoms. The van der Waals surface area contributed by atoms with Gasteiger partial charge in [0.05, 0.1) is 27.7 Å². The molecule has 2 saturated heterocycles. The van der Waals surface area contributed by atoms with E-state index in [2.05, 4.69) is 15.3 Å². The third-order valence-electron chi connectivity index (χ3n) is 11.1. The summed E-state index contributed by atoms with van der Waals surface area (Å²) in [7, 11) is -2.13. The van der Waals surface area contributed by atoms with E-state index in [9.17, 15) is 26.4 Å². The zero-order chi connectivity index (χ0) is 45.3. The zero-order valence-corrected chi connectivity index (χ0v) is 39.6. The number of ether oxygens (including phenoxy) is 2. The predicted octanol–water partition coefficient (Wildman–Crippen LogP) is 10.1. The Labute approximate surface area is 406 Å². The lowest BCUT2D eigenvalue weighted by molar-refractivity contribution is 0.135. The fourth-order valence-electron chi connectivity index (χ4n) is 8.14. The number of hydrogen-bond acceptors (Lipinski definition) is 11. The number of nitrogens with zero attached hydrogens (tertiary/aromatic N) is 5. The second-order valence-electron chi connectivity index (χ2n) is 14.9. The van der Waals surface area contributed by atoms with Crippen molar-refractivity contribution in [2.45, 2.75) is 68.2 Å². The van der Waals surface area contributed by atoms with Crippen molar-refractivity contribution in [1.82, 2.24) is 19.6 Å². The summed E-state index contributed by atoms with van der Waals surface area (Å²) in [6.07, 6.45) is 5.64. The van der Waals surface area contributed by atoms with Gasteiger partial charge in [-0.15, -0.1) is 35.6 Å². The molecule has 0 bridgehead atoms. The zero-order valence-electron chi connectivity index (χ0n) is 34.8. The number of fused-ring (bicyclic) bond motifs is 4. The average molecular weight is 1020 g/mol. The van der Waals surface area contributed by atoms with Crippen LogP contribution in [0.3, 0.4) is 0 Å². The first-order valence-electron chi connectivity index (χ1n) is 20.4. The number of carbonyl (C=O) groups excluding carboxylic acids is 2. The third-order valence-corrected chi connectivity index (χ3v) is 14.4. The topological polar surface area (TPSA) is 168 Å². The molecule has 0 aliphatic carbocycles. The van der Waals surface area contributed by atoms with Gasteiger partial charge < -0.3 is 14.8 Å². The highest BCUT2D eigenvalue weighted by Crippen LogP contribution is 2.34. The number of sulfonamides is 1. The van der Waals surface area contributed by atoms with Crippen LogP contribution >= 0.6 is 46.3 Å². The quantitative estimate of drug-likeness (QED) is 0.129. The van der Waals surface area contributed by atoms with Crippen LogP contribution in [0.25, 0.3) is 21.8 Å². The number of hydrogen-bond donors (Lipinski definition) is 1. The van der Waals surface area contributed by atoms with E-state index in [0.717, 1.165) is 59.2 Å². The molecular formula is C46H50Cl4N6O8S2. The number of alkyl halides is 2. The second kappa shape index (κ2) is 23.8. The minimum absolute atomic E-state index is 0. The molecule has 4 aliphatic rings. The van der Waals surface area contributed by atoms with Gasteiger partial charge >= 0.3 is 12.2 Å². The van der Waals surface area contributed by atoms with E-state index in [-0.39, 0.29) is 65.8 Å². The van der Waals surface area contributed by atoms with Gasteiger partial charge in [-0.3, -0.25) is 19.8 Å². The lowest BCUT2D eigenvalue weighted by Gasteiger charge is -2.39. The van der Waals surface area contributed by atoms with Crippen molar-refractivity contribution >= 4 is 111 Å². The third kappa shape index (κ3) is 12.0. The maximum atomic E-state index is 13.3. The fraction of sp³-hybridized carbons (Fsp3) is 0.304. The molecule has 4 aliphatic heterocycles. The molecular weight excluding hydrogens is 970 g/mol. The minimum atomic E-state index is -3.72. The van der Waals surface area contributed by atoms with Crippen LogP contribution in [0.5, 0.6) is 0 Å². The molecule has 0 spiro atoms. The van der Waals surface area contributed by atoms with E-state index in [0.29, 0.717) is 43.6 Å². The van der Waals surface area contributed by atoms with Gasteiger partial charge in [-0.05, 0) is 75.2 Å². The molecule has 0 unspecified atom stereocenters. The lowest BCUT2D eigenvalue weighted by atomic mass is 10.0. The molecule has 6 aromatic rings. The van der Waals surface area contributed by atoms with Gasteiger partial charge in [0.15, 0.2) is 0 Å². The summed E-state index contributed by atoms with van der Waals surface area (Å²) in [4.78, 5) is 36.5. The van der Waals surface area contributed by atoms with Gasteiger partial charge in [-0.1, -0.05) is 80.2 Å². The Kier molecular flexibility index (Phi) is 18.8. The van der Waals surface area contributed by atoms with Crippen LogP contribution in [-0.4, -0.2) is 86.9 Å². The Bertz CT molecular complexity index is 2820. The van der Waals surface area contributed by atoms with Gasteiger partial charge in [-0.2, -0.15) is 4.31 Å². The van der Waals surface area contributed by atoms with Gasteiger partial charge in [0.1, 0.15) is 23.0 Å².